The van der Waals surface area contributed by atoms with E-state index < -0.39 is 0 Å². The zero-order valence-corrected chi connectivity index (χ0v) is 11.7. The van der Waals surface area contributed by atoms with Crippen molar-refractivity contribution in [3.8, 4) is 0 Å². The molecule has 0 aromatic carbocycles. The van der Waals surface area contributed by atoms with Crippen molar-refractivity contribution < 1.29 is 0 Å². The lowest BCUT2D eigenvalue weighted by Gasteiger charge is -2.39. The van der Waals surface area contributed by atoms with Crippen LogP contribution in [0, 0.1) is 0 Å². The van der Waals surface area contributed by atoms with Crippen LogP contribution in [0.25, 0.3) is 0 Å². The minimum absolute atomic E-state index is 1.22. The largest absolute Gasteiger partial charge is 0.290 e. The molecule has 3 aliphatic rings. The van der Waals surface area contributed by atoms with E-state index in [-0.39, 0.29) is 0 Å². The Morgan fingerprint density at radius 2 is 0.556 bits per heavy atom. The molecule has 4 nitrogen and oxygen atoms in total. The van der Waals surface area contributed by atoms with E-state index in [1.165, 1.54) is 91.4 Å². The summed E-state index contributed by atoms with van der Waals surface area (Å²) in [5.41, 5.74) is 0. The highest BCUT2D eigenvalue weighted by Crippen LogP contribution is 2.12. The fraction of sp³-hybridized carbons (Fsp3) is 1.00. The van der Waals surface area contributed by atoms with Gasteiger partial charge in [-0.1, -0.05) is 0 Å². The summed E-state index contributed by atoms with van der Waals surface area (Å²) in [5.74, 6) is 0. The average Bonchev–Trinajstić information content (AvgIpc) is 2.39. The van der Waals surface area contributed by atoms with E-state index in [1.54, 1.807) is 0 Å². The van der Waals surface area contributed by atoms with Crippen LogP contribution in [-0.2, 0) is 0 Å². The van der Waals surface area contributed by atoms with Gasteiger partial charge in [-0.05, 0) is 25.7 Å². The topological polar surface area (TPSA) is 13.0 Å². The molecule has 0 amide bonds. The monoisotopic (exact) mass is 252 g/mol. The Morgan fingerprint density at radius 3 is 0.778 bits per heavy atom. The second-order valence-electron chi connectivity index (χ2n) is 6.17. The highest BCUT2D eigenvalue weighted by Gasteiger charge is 2.21. The van der Waals surface area contributed by atoms with E-state index in [0.717, 1.165) is 0 Å². The molecule has 3 fully saturated rings. The number of hydrogen-bond acceptors (Lipinski definition) is 4. The molecule has 0 N–H and O–H groups in total. The summed E-state index contributed by atoms with van der Waals surface area (Å²) >= 11 is 0. The second-order valence-corrected chi connectivity index (χ2v) is 6.17. The van der Waals surface area contributed by atoms with Crippen molar-refractivity contribution in [2.24, 2.45) is 0 Å². The lowest BCUT2D eigenvalue weighted by molar-refractivity contribution is 0.0461. The minimum Gasteiger partial charge on any atom is -0.290 e. The predicted octanol–water partition coefficient (Wildman–Crippen LogP) is 0.711. The van der Waals surface area contributed by atoms with Crippen LogP contribution in [0.3, 0.4) is 0 Å². The van der Waals surface area contributed by atoms with Crippen LogP contribution >= 0.6 is 0 Å². The van der Waals surface area contributed by atoms with Crippen molar-refractivity contribution in [3.05, 3.63) is 0 Å². The third-order valence-electron chi connectivity index (χ3n) is 4.59. The van der Waals surface area contributed by atoms with Gasteiger partial charge in [0.15, 0.2) is 0 Å². The molecule has 0 saturated carbocycles. The fourth-order valence-electron chi connectivity index (χ4n) is 3.65. The first-order chi connectivity index (χ1) is 8.90. The maximum atomic E-state index is 2.66. The van der Waals surface area contributed by atoms with Crippen molar-refractivity contribution in [2.45, 2.75) is 25.7 Å². The Kier molecular flexibility index (Phi) is 4.52. The molecule has 4 heteroatoms. The summed E-state index contributed by atoms with van der Waals surface area (Å²) < 4.78 is 0. The zero-order valence-electron chi connectivity index (χ0n) is 11.7. The maximum absolute atomic E-state index is 2.66. The standard InChI is InChI=1S/C14H28N4/c1-5-15-9-3-11-17-7-2-8-18(14-17)12-4-10-16(6-1)13-15/h1-14H2. The molecule has 18 heavy (non-hydrogen) atoms. The van der Waals surface area contributed by atoms with Gasteiger partial charge in [0.25, 0.3) is 0 Å². The highest BCUT2D eigenvalue weighted by atomic mass is 15.4. The molecule has 3 heterocycles. The molecule has 0 spiro atoms. The smallest absolute Gasteiger partial charge is 0.0506 e. The second kappa shape index (κ2) is 6.33. The summed E-state index contributed by atoms with van der Waals surface area (Å²) in [5, 5.41) is 0. The molecular weight excluding hydrogens is 224 g/mol. The molecule has 3 aliphatic heterocycles. The third kappa shape index (κ3) is 3.44. The van der Waals surface area contributed by atoms with Gasteiger partial charge in [-0.25, -0.2) is 0 Å². The van der Waals surface area contributed by atoms with Crippen LogP contribution in [0.4, 0.5) is 0 Å². The van der Waals surface area contributed by atoms with E-state index >= 15 is 0 Å². The van der Waals surface area contributed by atoms with Crippen LogP contribution < -0.4 is 0 Å². The number of rotatable bonds is 0. The number of hydrogen-bond donors (Lipinski definition) is 0. The van der Waals surface area contributed by atoms with Crippen LogP contribution in [0.2, 0.25) is 0 Å². The van der Waals surface area contributed by atoms with Gasteiger partial charge in [0.1, 0.15) is 0 Å². The molecular formula is C14H28N4. The molecule has 104 valence electrons. The molecule has 0 aromatic heterocycles. The Hall–Kier alpha value is -0.160. The Balaban J connectivity index is 1.57. The van der Waals surface area contributed by atoms with Crippen LogP contribution in [0.5, 0.6) is 0 Å². The summed E-state index contributed by atoms with van der Waals surface area (Å²) in [7, 11) is 0. The quantitative estimate of drug-likeness (QED) is 0.629. The van der Waals surface area contributed by atoms with Gasteiger partial charge in [0.2, 0.25) is 0 Å². The number of nitrogens with zero attached hydrogens (tertiary/aromatic N) is 4. The van der Waals surface area contributed by atoms with E-state index in [9.17, 15) is 0 Å². The lowest BCUT2D eigenvalue weighted by atomic mass is 10.2. The SMILES string of the molecule is C1CN2CCCN3CCCN(CCCN(C1)C2)C3. The van der Waals surface area contributed by atoms with Crippen molar-refractivity contribution >= 4 is 0 Å². The molecule has 0 radical (unpaired) electrons. The normalized spacial score (nSPS) is 42.7. The van der Waals surface area contributed by atoms with Crippen LogP contribution in [0.15, 0.2) is 0 Å². The first-order valence-corrected chi connectivity index (χ1v) is 7.79. The van der Waals surface area contributed by atoms with Gasteiger partial charge in [0, 0.05) is 52.4 Å². The first-order valence-electron chi connectivity index (χ1n) is 7.79. The van der Waals surface area contributed by atoms with Crippen molar-refractivity contribution in [1.29, 1.82) is 0 Å². The number of fused-ring (bicyclic) bond motifs is 4. The average molecular weight is 252 g/mol. The first kappa shape index (κ1) is 12.9. The maximum Gasteiger partial charge on any atom is 0.0506 e. The Morgan fingerprint density at radius 1 is 0.333 bits per heavy atom. The van der Waals surface area contributed by atoms with Gasteiger partial charge in [-0.3, -0.25) is 19.6 Å². The molecule has 0 aromatic rings. The van der Waals surface area contributed by atoms with E-state index in [2.05, 4.69) is 19.6 Å². The summed E-state index contributed by atoms with van der Waals surface area (Å²) in [6.45, 7) is 12.9. The van der Waals surface area contributed by atoms with Crippen molar-refractivity contribution in [2.75, 3.05) is 65.7 Å². The molecule has 3 saturated heterocycles. The van der Waals surface area contributed by atoms with Gasteiger partial charge in [-0.15, -0.1) is 0 Å². The van der Waals surface area contributed by atoms with Gasteiger partial charge < -0.3 is 0 Å². The molecule has 0 aliphatic carbocycles. The predicted molar refractivity (Wildman–Crippen MR) is 74.5 cm³/mol. The van der Waals surface area contributed by atoms with E-state index in [0.29, 0.717) is 0 Å². The molecule has 0 unspecified atom stereocenters. The van der Waals surface area contributed by atoms with Crippen LogP contribution in [0.1, 0.15) is 25.7 Å². The van der Waals surface area contributed by atoms with Gasteiger partial charge in [-0.2, -0.15) is 0 Å². The van der Waals surface area contributed by atoms with E-state index in [4.69, 9.17) is 0 Å². The molecule has 4 bridgehead atoms. The molecule has 0 atom stereocenters. The Bertz CT molecular complexity index is 212. The lowest BCUT2D eigenvalue weighted by Crippen LogP contribution is -2.49. The third-order valence-corrected chi connectivity index (χ3v) is 4.59. The Labute approximate surface area is 112 Å². The summed E-state index contributed by atoms with van der Waals surface area (Å²) in [6, 6.07) is 0. The highest BCUT2D eigenvalue weighted by molar-refractivity contribution is 4.74. The van der Waals surface area contributed by atoms with Crippen LogP contribution in [-0.4, -0.2) is 85.3 Å². The van der Waals surface area contributed by atoms with Crippen molar-refractivity contribution in [1.82, 2.24) is 19.6 Å². The van der Waals surface area contributed by atoms with Gasteiger partial charge in [0.05, 0.1) is 13.3 Å². The fourth-order valence-corrected chi connectivity index (χ4v) is 3.65. The minimum atomic E-state index is 1.22. The molecule has 3 rings (SSSR count). The van der Waals surface area contributed by atoms with Gasteiger partial charge >= 0.3 is 0 Å². The summed E-state index contributed by atoms with van der Waals surface area (Å²) in [6.07, 6.45) is 5.43. The van der Waals surface area contributed by atoms with E-state index in [1.807, 2.05) is 0 Å². The summed E-state index contributed by atoms with van der Waals surface area (Å²) in [4.78, 5) is 10.6. The van der Waals surface area contributed by atoms with Crippen molar-refractivity contribution in [3.63, 3.8) is 0 Å². The zero-order chi connectivity index (χ0) is 12.2.